The zero-order chi connectivity index (χ0) is 15.5. The van der Waals surface area contributed by atoms with Crippen LogP contribution in [0.15, 0.2) is 41.4 Å². The Morgan fingerprint density at radius 3 is 2.48 bits per heavy atom. The van der Waals surface area contributed by atoms with E-state index in [1.807, 2.05) is 26.2 Å². The zero-order valence-electron chi connectivity index (χ0n) is 12.2. The van der Waals surface area contributed by atoms with E-state index in [0.29, 0.717) is 0 Å². The number of sulfonamides is 1. The smallest absolute Gasteiger partial charge is 0.238 e. The van der Waals surface area contributed by atoms with Crippen LogP contribution in [0.25, 0.3) is 0 Å². The summed E-state index contributed by atoms with van der Waals surface area (Å²) in [6, 6.07) is 8.73. The van der Waals surface area contributed by atoms with E-state index < -0.39 is 10.0 Å². The molecular formula is C14H20N4O2S. The Morgan fingerprint density at radius 1 is 1.29 bits per heavy atom. The van der Waals surface area contributed by atoms with Crippen molar-refractivity contribution >= 4 is 10.0 Å². The monoisotopic (exact) mass is 308 g/mol. The standard InChI is InChI=1S/C14H20N4O2S/c1-11(16-9-7-13-8-10-18(2)17-13)12-3-5-14(6-4-12)21(15,19)20/h3-6,8,10-11,16H,7,9H2,1-2H3,(H2,15,19,20). The van der Waals surface area contributed by atoms with E-state index in [-0.39, 0.29) is 10.9 Å². The molecule has 114 valence electrons. The molecule has 1 heterocycles. The van der Waals surface area contributed by atoms with E-state index in [1.165, 1.54) is 12.1 Å². The van der Waals surface area contributed by atoms with Gasteiger partial charge in [-0.05, 0) is 30.7 Å². The topological polar surface area (TPSA) is 90.0 Å². The number of hydrogen-bond donors (Lipinski definition) is 2. The van der Waals surface area contributed by atoms with Crippen LogP contribution in [0.1, 0.15) is 24.2 Å². The molecule has 21 heavy (non-hydrogen) atoms. The third kappa shape index (κ3) is 4.38. The molecule has 0 aliphatic carbocycles. The molecule has 0 saturated heterocycles. The summed E-state index contributed by atoms with van der Waals surface area (Å²) >= 11 is 0. The molecule has 0 radical (unpaired) electrons. The van der Waals surface area contributed by atoms with Gasteiger partial charge in [0.2, 0.25) is 10.0 Å². The summed E-state index contributed by atoms with van der Waals surface area (Å²) in [7, 11) is -1.73. The average molecular weight is 308 g/mol. The highest BCUT2D eigenvalue weighted by atomic mass is 32.2. The van der Waals surface area contributed by atoms with Crippen LogP contribution in [0.2, 0.25) is 0 Å². The van der Waals surface area contributed by atoms with E-state index >= 15 is 0 Å². The molecule has 0 aliphatic heterocycles. The number of primary sulfonamides is 1. The molecule has 0 fully saturated rings. The van der Waals surface area contributed by atoms with Crippen LogP contribution in [0.5, 0.6) is 0 Å². The molecule has 6 nitrogen and oxygen atoms in total. The second-order valence-corrected chi connectivity index (χ2v) is 6.58. The largest absolute Gasteiger partial charge is 0.310 e. The maximum Gasteiger partial charge on any atom is 0.238 e. The van der Waals surface area contributed by atoms with E-state index in [0.717, 1.165) is 24.2 Å². The van der Waals surface area contributed by atoms with Crippen LogP contribution >= 0.6 is 0 Å². The highest BCUT2D eigenvalue weighted by Crippen LogP contribution is 2.15. The number of rotatable bonds is 6. The molecule has 0 aliphatic rings. The van der Waals surface area contributed by atoms with Gasteiger partial charge in [0.1, 0.15) is 0 Å². The van der Waals surface area contributed by atoms with Gasteiger partial charge in [0.15, 0.2) is 0 Å². The van der Waals surface area contributed by atoms with Crippen molar-refractivity contribution in [1.29, 1.82) is 0 Å². The summed E-state index contributed by atoms with van der Waals surface area (Å²) in [6.07, 6.45) is 2.77. The van der Waals surface area contributed by atoms with Crippen molar-refractivity contribution in [3.8, 4) is 0 Å². The lowest BCUT2D eigenvalue weighted by Gasteiger charge is -2.14. The summed E-state index contributed by atoms with van der Waals surface area (Å²) in [5.41, 5.74) is 2.06. The van der Waals surface area contributed by atoms with Crippen molar-refractivity contribution in [2.75, 3.05) is 6.54 Å². The lowest BCUT2D eigenvalue weighted by molar-refractivity contribution is 0.570. The number of benzene rings is 1. The Balaban J connectivity index is 1.89. The maximum absolute atomic E-state index is 11.2. The van der Waals surface area contributed by atoms with Crippen molar-refractivity contribution in [3.63, 3.8) is 0 Å². The third-order valence-electron chi connectivity index (χ3n) is 3.31. The number of nitrogens with one attached hydrogen (secondary N) is 1. The molecule has 0 bridgehead atoms. The highest BCUT2D eigenvalue weighted by Gasteiger charge is 2.09. The fourth-order valence-corrected chi connectivity index (χ4v) is 2.59. The second kappa shape index (κ2) is 6.38. The minimum Gasteiger partial charge on any atom is -0.310 e. The van der Waals surface area contributed by atoms with Crippen LogP contribution in [-0.2, 0) is 23.5 Å². The molecule has 1 aromatic carbocycles. The average Bonchev–Trinajstić information content (AvgIpc) is 2.83. The van der Waals surface area contributed by atoms with Crippen molar-refractivity contribution < 1.29 is 8.42 Å². The predicted octanol–water partition coefficient (Wildman–Crippen LogP) is 0.961. The number of hydrogen-bond acceptors (Lipinski definition) is 4. The Labute approximate surface area is 125 Å². The molecule has 0 amide bonds. The van der Waals surface area contributed by atoms with Gasteiger partial charge in [0.05, 0.1) is 10.6 Å². The summed E-state index contributed by atoms with van der Waals surface area (Å²) in [5, 5.41) is 12.8. The van der Waals surface area contributed by atoms with Gasteiger partial charge in [0.25, 0.3) is 0 Å². The van der Waals surface area contributed by atoms with Gasteiger partial charge in [-0.2, -0.15) is 5.10 Å². The first-order chi connectivity index (χ1) is 9.86. The van der Waals surface area contributed by atoms with Crippen molar-refractivity contribution in [3.05, 3.63) is 47.8 Å². The van der Waals surface area contributed by atoms with Crippen LogP contribution in [-0.4, -0.2) is 24.7 Å². The number of aryl methyl sites for hydroxylation is 1. The molecule has 0 spiro atoms. The summed E-state index contributed by atoms with van der Waals surface area (Å²) in [5.74, 6) is 0. The summed E-state index contributed by atoms with van der Waals surface area (Å²) in [4.78, 5) is 0.131. The van der Waals surface area contributed by atoms with Crippen molar-refractivity contribution in [2.45, 2.75) is 24.3 Å². The third-order valence-corrected chi connectivity index (χ3v) is 4.24. The van der Waals surface area contributed by atoms with E-state index in [9.17, 15) is 8.42 Å². The van der Waals surface area contributed by atoms with E-state index in [1.54, 1.807) is 16.8 Å². The highest BCUT2D eigenvalue weighted by molar-refractivity contribution is 7.89. The van der Waals surface area contributed by atoms with Gasteiger partial charge >= 0.3 is 0 Å². The van der Waals surface area contributed by atoms with Gasteiger partial charge in [-0.1, -0.05) is 12.1 Å². The Hall–Kier alpha value is -1.70. The van der Waals surface area contributed by atoms with Crippen molar-refractivity contribution in [1.82, 2.24) is 15.1 Å². The quantitative estimate of drug-likeness (QED) is 0.831. The number of aromatic nitrogens is 2. The first-order valence-corrected chi connectivity index (χ1v) is 8.25. The lowest BCUT2D eigenvalue weighted by atomic mass is 10.1. The normalized spacial score (nSPS) is 13.3. The maximum atomic E-state index is 11.2. The Morgan fingerprint density at radius 2 is 1.95 bits per heavy atom. The molecular weight excluding hydrogens is 288 g/mol. The molecule has 1 unspecified atom stereocenters. The Bertz CT molecular complexity index is 692. The van der Waals surface area contributed by atoms with E-state index in [2.05, 4.69) is 10.4 Å². The van der Waals surface area contributed by atoms with Crippen LogP contribution in [0.3, 0.4) is 0 Å². The summed E-state index contributed by atoms with van der Waals surface area (Å²) in [6.45, 7) is 2.83. The first kappa shape index (κ1) is 15.7. The SMILES string of the molecule is CC(NCCc1ccn(C)n1)c1ccc(S(N)(=O)=O)cc1. The fourth-order valence-electron chi connectivity index (χ4n) is 2.08. The number of nitrogens with two attached hydrogens (primary N) is 1. The van der Waals surface area contributed by atoms with Crippen LogP contribution in [0, 0.1) is 0 Å². The molecule has 2 aromatic rings. The summed E-state index contributed by atoms with van der Waals surface area (Å²) < 4.78 is 24.2. The molecule has 1 aromatic heterocycles. The van der Waals surface area contributed by atoms with Gasteiger partial charge in [-0.25, -0.2) is 13.6 Å². The van der Waals surface area contributed by atoms with Gasteiger partial charge in [-0.15, -0.1) is 0 Å². The van der Waals surface area contributed by atoms with Crippen LogP contribution < -0.4 is 10.5 Å². The zero-order valence-corrected chi connectivity index (χ0v) is 13.0. The van der Waals surface area contributed by atoms with Gasteiger partial charge in [-0.3, -0.25) is 4.68 Å². The molecule has 2 rings (SSSR count). The predicted molar refractivity (Wildman–Crippen MR) is 81.1 cm³/mol. The Kier molecular flexibility index (Phi) is 4.76. The first-order valence-electron chi connectivity index (χ1n) is 6.71. The molecule has 7 heteroatoms. The minimum absolute atomic E-state index is 0.128. The second-order valence-electron chi connectivity index (χ2n) is 5.02. The minimum atomic E-state index is -3.63. The fraction of sp³-hybridized carbons (Fsp3) is 0.357. The van der Waals surface area contributed by atoms with Gasteiger partial charge < -0.3 is 5.32 Å². The van der Waals surface area contributed by atoms with Crippen molar-refractivity contribution in [2.24, 2.45) is 12.2 Å². The van der Waals surface area contributed by atoms with Gasteiger partial charge in [0, 0.05) is 32.3 Å². The molecule has 0 saturated carbocycles. The number of nitrogens with zero attached hydrogens (tertiary/aromatic N) is 2. The van der Waals surface area contributed by atoms with E-state index in [4.69, 9.17) is 5.14 Å². The van der Waals surface area contributed by atoms with Crippen LogP contribution in [0.4, 0.5) is 0 Å². The molecule has 3 N–H and O–H groups in total. The molecule has 1 atom stereocenters. The lowest BCUT2D eigenvalue weighted by Crippen LogP contribution is -2.21.